The number of hydrogen-bond acceptors (Lipinski definition) is 1. The average molecular weight is 547 g/mol. The first-order valence-corrected chi connectivity index (χ1v) is 18.0. The van der Waals surface area contributed by atoms with Gasteiger partial charge in [0.1, 0.15) is 11.2 Å². The van der Waals surface area contributed by atoms with Crippen molar-refractivity contribution < 1.29 is 4.42 Å². The van der Waals surface area contributed by atoms with E-state index in [9.17, 15) is 0 Å². The molecule has 0 aliphatic carbocycles. The Morgan fingerprint density at radius 2 is 1.10 bits per heavy atom. The first-order chi connectivity index (χ1) is 19.9. The van der Waals surface area contributed by atoms with E-state index in [0.717, 1.165) is 16.6 Å². The van der Waals surface area contributed by atoms with Crippen molar-refractivity contribution >= 4 is 68.9 Å². The van der Waals surface area contributed by atoms with Crippen LogP contribution in [0.25, 0.3) is 77.9 Å². The number of rotatable bonds is 3. The first kappa shape index (κ1) is 25.6. The van der Waals surface area contributed by atoms with Gasteiger partial charge in [0, 0.05) is 10.8 Å². The molecule has 0 saturated heterocycles. The van der Waals surface area contributed by atoms with Crippen molar-refractivity contribution in [2.45, 2.75) is 33.5 Å². The van der Waals surface area contributed by atoms with Gasteiger partial charge in [-0.15, -0.1) is 0 Å². The van der Waals surface area contributed by atoms with Crippen molar-refractivity contribution in [3.63, 3.8) is 0 Å². The van der Waals surface area contributed by atoms with E-state index >= 15 is 0 Å². The van der Waals surface area contributed by atoms with Crippen molar-refractivity contribution in [3.8, 4) is 22.3 Å². The summed E-state index contributed by atoms with van der Waals surface area (Å²) >= 11 is 0. The van der Waals surface area contributed by atoms with Gasteiger partial charge in [-0.25, -0.2) is 0 Å². The van der Waals surface area contributed by atoms with Crippen LogP contribution in [0.2, 0.25) is 19.6 Å². The zero-order valence-corrected chi connectivity index (χ0v) is 25.4. The average Bonchev–Trinajstić information content (AvgIpc) is 3.38. The van der Waals surface area contributed by atoms with Crippen LogP contribution >= 0.6 is 0 Å². The Balaban J connectivity index is 1.56. The summed E-state index contributed by atoms with van der Waals surface area (Å²) < 4.78 is 6.34. The van der Waals surface area contributed by atoms with E-state index in [0.29, 0.717) is 0 Å². The second kappa shape index (κ2) is 9.61. The SMILES string of the molecule is C/C=c1/c(-c2ccc([Si](C)(C)C)cc2)c2ccccc2c(-c2ccc3oc4ccc5ccccc5c4c3c2)/c1=C/C. The minimum atomic E-state index is -1.38. The molecule has 0 atom stereocenters. The van der Waals surface area contributed by atoms with Crippen molar-refractivity contribution in [1.82, 2.24) is 0 Å². The summed E-state index contributed by atoms with van der Waals surface area (Å²) in [5, 5.41) is 11.4. The monoisotopic (exact) mass is 546 g/mol. The summed E-state index contributed by atoms with van der Waals surface area (Å²) in [7, 11) is -1.38. The number of fused-ring (bicyclic) bond motifs is 6. The molecule has 1 heterocycles. The number of benzene rings is 6. The topological polar surface area (TPSA) is 13.1 Å². The molecule has 0 radical (unpaired) electrons. The van der Waals surface area contributed by atoms with Crippen LogP contribution in [0.15, 0.2) is 108 Å². The molecule has 2 heteroatoms. The highest BCUT2D eigenvalue weighted by Gasteiger charge is 2.19. The summed E-state index contributed by atoms with van der Waals surface area (Å²) in [5.74, 6) is 0. The Bertz CT molecular complexity index is 2240. The fraction of sp³-hybridized carbons (Fsp3) is 0.128. The van der Waals surface area contributed by atoms with Gasteiger partial charge in [0.15, 0.2) is 0 Å². The summed E-state index contributed by atoms with van der Waals surface area (Å²) in [6.07, 6.45) is 4.57. The van der Waals surface area contributed by atoms with E-state index in [1.54, 1.807) is 0 Å². The molecular formula is C39H34OSi. The van der Waals surface area contributed by atoms with Gasteiger partial charge in [-0.1, -0.05) is 122 Å². The maximum atomic E-state index is 6.34. The standard InChI is InChI=1S/C39H34OSi/c1-6-29-30(7-2)38(33-15-11-10-14-32(33)37(29)26-16-20-28(21-17-26)41(3,4)5)27-19-22-35-34(24-27)39-31-13-9-8-12-25(31)18-23-36(39)40-35/h6-24H,1-5H3/b29-6+,30-7+. The lowest BCUT2D eigenvalue weighted by molar-refractivity contribution is 0.669. The minimum absolute atomic E-state index is 0.924. The van der Waals surface area contributed by atoms with Gasteiger partial charge in [0.2, 0.25) is 0 Å². The number of hydrogen-bond donors (Lipinski definition) is 0. The summed E-state index contributed by atoms with van der Waals surface area (Å²) in [6, 6.07) is 37.8. The molecule has 0 fully saturated rings. The maximum Gasteiger partial charge on any atom is 0.136 e. The highest BCUT2D eigenvalue weighted by molar-refractivity contribution is 6.88. The summed E-state index contributed by atoms with van der Waals surface area (Å²) in [5.41, 5.74) is 6.92. The molecule has 1 aromatic heterocycles. The van der Waals surface area contributed by atoms with Crippen LogP contribution in [0.3, 0.4) is 0 Å². The number of furan rings is 1. The zero-order chi connectivity index (χ0) is 28.3. The Labute approximate surface area is 242 Å². The van der Waals surface area contributed by atoms with Crippen LogP contribution in [-0.4, -0.2) is 8.07 Å². The summed E-state index contributed by atoms with van der Waals surface area (Å²) in [6.45, 7) is 11.6. The second-order valence-corrected chi connectivity index (χ2v) is 17.1. The van der Waals surface area contributed by atoms with E-state index in [4.69, 9.17) is 4.42 Å². The predicted octanol–water partition coefficient (Wildman–Crippen LogP) is 9.37. The van der Waals surface area contributed by atoms with Gasteiger partial charge in [-0.2, -0.15) is 0 Å². The fourth-order valence-electron chi connectivity index (χ4n) is 6.54. The zero-order valence-electron chi connectivity index (χ0n) is 24.4. The third-order valence-electron chi connectivity index (χ3n) is 8.56. The van der Waals surface area contributed by atoms with Crippen LogP contribution in [0.5, 0.6) is 0 Å². The van der Waals surface area contributed by atoms with Gasteiger partial charge in [-0.05, 0) is 86.3 Å². The quantitative estimate of drug-likeness (QED) is 0.201. The Morgan fingerprint density at radius 3 is 1.73 bits per heavy atom. The van der Waals surface area contributed by atoms with E-state index in [1.807, 2.05) is 0 Å². The molecule has 0 N–H and O–H groups in total. The summed E-state index contributed by atoms with van der Waals surface area (Å²) in [4.78, 5) is 0. The fourth-order valence-corrected chi connectivity index (χ4v) is 7.71. The van der Waals surface area contributed by atoms with Gasteiger partial charge in [0.25, 0.3) is 0 Å². The Morgan fingerprint density at radius 1 is 0.537 bits per heavy atom. The van der Waals surface area contributed by atoms with E-state index in [-0.39, 0.29) is 0 Å². The van der Waals surface area contributed by atoms with Crippen molar-refractivity contribution in [2.24, 2.45) is 0 Å². The van der Waals surface area contributed by atoms with Crippen LogP contribution in [0.4, 0.5) is 0 Å². The maximum absolute atomic E-state index is 6.34. The van der Waals surface area contributed by atoms with Crippen molar-refractivity contribution in [1.29, 1.82) is 0 Å². The lowest BCUT2D eigenvalue weighted by Gasteiger charge is -2.19. The molecule has 0 bridgehead atoms. The lowest BCUT2D eigenvalue weighted by Crippen LogP contribution is -2.37. The molecule has 0 aliphatic rings. The second-order valence-electron chi connectivity index (χ2n) is 12.0. The molecular weight excluding hydrogens is 513 g/mol. The van der Waals surface area contributed by atoms with Gasteiger partial charge >= 0.3 is 0 Å². The molecule has 1 nitrogen and oxygen atoms in total. The molecule has 0 aliphatic heterocycles. The molecule has 7 aromatic rings. The van der Waals surface area contributed by atoms with Crippen LogP contribution in [0.1, 0.15) is 13.8 Å². The molecule has 41 heavy (non-hydrogen) atoms. The molecule has 7 rings (SSSR count). The Kier molecular flexibility index (Phi) is 5.99. The molecule has 200 valence electrons. The van der Waals surface area contributed by atoms with Gasteiger partial charge in [0.05, 0.1) is 8.07 Å². The van der Waals surface area contributed by atoms with Gasteiger partial charge < -0.3 is 4.42 Å². The van der Waals surface area contributed by atoms with Crippen LogP contribution in [-0.2, 0) is 0 Å². The Hall–Kier alpha value is -4.40. The molecule has 6 aromatic carbocycles. The minimum Gasteiger partial charge on any atom is -0.456 e. The molecule has 0 spiro atoms. The third-order valence-corrected chi connectivity index (χ3v) is 10.6. The van der Waals surface area contributed by atoms with Crippen molar-refractivity contribution in [2.75, 3.05) is 0 Å². The largest absolute Gasteiger partial charge is 0.456 e. The third kappa shape index (κ3) is 4.05. The predicted molar refractivity (Wildman–Crippen MR) is 182 cm³/mol. The normalized spacial score (nSPS) is 13.3. The lowest BCUT2D eigenvalue weighted by atomic mass is 9.87. The molecule has 0 amide bonds. The van der Waals surface area contributed by atoms with Crippen LogP contribution < -0.4 is 15.6 Å². The first-order valence-electron chi connectivity index (χ1n) is 14.5. The molecule has 0 unspecified atom stereocenters. The van der Waals surface area contributed by atoms with E-state index < -0.39 is 8.07 Å². The van der Waals surface area contributed by atoms with Crippen LogP contribution in [0, 0.1) is 0 Å². The van der Waals surface area contributed by atoms with E-state index in [2.05, 4.69) is 149 Å². The smallest absolute Gasteiger partial charge is 0.136 e. The van der Waals surface area contributed by atoms with Crippen molar-refractivity contribution in [3.05, 3.63) is 114 Å². The highest BCUT2D eigenvalue weighted by Crippen LogP contribution is 2.38. The highest BCUT2D eigenvalue weighted by atomic mass is 28.3. The molecule has 0 saturated carbocycles. The van der Waals surface area contributed by atoms with Gasteiger partial charge in [-0.3, -0.25) is 0 Å². The van der Waals surface area contributed by atoms with E-state index in [1.165, 1.54) is 64.8 Å².